The summed E-state index contributed by atoms with van der Waals surface area (Å²) >= 11 is 1.26. The first-order valence-electron chi connectivity index (χ1n) is 22.3. The highest BCUT2D eigenvalue weighted by Gasteiger charge is 2.27. The Morgan fingerprint density at radius 3 is 1.67 bits per heavy atom. The molecule has 0 radical (unpaired) electrons. The van der Waals surface area contributed by atoms with Crippen LogP contribution in [-0.4, -0.2) is 89.1 Å². The molecule has 34 nitrogen and oxygen atoms in total. The zero-order chi connectivity index (χ0) is 62.1. The van der Waals surface area contributed by atoms with Gasteiger partial charge < -0.3 is 25.8 Å². The number of anilines is 1. The van der Waals surface area contributed by atoms with Crippen LogP contribution < -0.4 is 10.5 Å². The second kappa shape index (κ2) is 27.2. The van der Waals surface area contributed by atoms with E-state index in [1.807, 2.05) is 0 Å². The highest BCUT2D eigenvalue weighted by Crippen LogP contribution is 2.51. The third kappa shape index (κ3) is 15.0. The summed E-state index contributed by atoms with van der Waals surface area (Å²) in [5.41, 5.74) is 4.10. The van der Waals surface area contributed by atoms with Crippen LogP contribution in [0, 0.1) is 17.0 Å². The van der Waals surface area contributed by atoms with E-state index in [1.165, 1.54) is 62.7 Å². The lowest BCUT2D eigenvalue weighted by molar-refractivity contribution is -0.432. The van der Waals surface area contributed by atoms with Gasteiger partial charge in [0.1, 0.15) is 54.6 Å². The Morgan fingerprint density at radius 1 is 0.529 bits per heavy atom. The van der Waals surface area contributed by atoms with E-state index < -0.39 is 95.6 Å². The summed E-state index contributed by atoms with van der Waals surface area (Å²) in [6.07, 6.45) is 0. The molecule has 8 aromatic rings. The zero-order valence-electron chi connectivity index (χ0n) is 42.4. The van der Waals surface area contributed by atoms with E-state index in [-0.39, 0.29) is 48.7 Å². The Bertz CT molecular complexity index is 4430. The maximum absolute atomic E-state index is 12.1. The number of benzene rings is 8. The second-order valence-corrected chi connectivity index (χ2v) is 22.7. The van der Waals surface area contributed by atoms with Crippen molar-refractivity contribution in [3.8, 4) is 23.0 Å². The molecule has 0 atom stereocenters. The number of nitrogens with two attached hydrogens (primary N) is 1. The largest absolute Gasteiger partial charge is 0.505 e. The fourth-order valence-corrected chi connectivity index (χ4v) is 11.0. The number of phenolic OH excluding ortho intramolecular Hbond substituents is 3. The minimum absolute atomic E-state index is 0.0152. The molecule has 0 aromatic heterocycles. The number of nitro groups is 1. The molecule has 0 fully saturated rings. The molecule has 0 heterocycles. The molecule has 0 aliphatic rings. The molecule has 0 saturated carbocycles. The summed E-state index contributed by atoms with van der Waals surface area (Å²) < 4.78 is 119. The van der Waals surface area contributed by atoms with Gasteiger partial charge in [-0.05, 0) is 83.7 Å². The number of ether oxygens (including phenoxy) is 1. The minimum atomic E-state index is -5.06. The van der Waals surface area contributed by atoms with Crippen molar-refractivity contribution in [3.05, 3.63) is 113 Å². The number of non-ortho nitro benzene ring substituents is 1. The molecule has 11 N–H and O–H groups in total. The van der Waals surface area contributed by atoms with Gasteiger partial charge >= 0.3 is 0 Å². The number of aromatic hydroxyl groups is 3. The first kappa shape index (κ1) is 64.3. The van der Waals surface area contributed by atoms with Gasteiger partial charge in [0.05, 0.1) is 79.6 Å². The quantitative estimate of drug-likeness (QED) is 0.00607. The minimum Gasteiger partial charge on any atom is -0.505 e. The van der Waals surface area contributed by atoms with Crippen LogP contribution in [0.5, 0.6) is 23.0 Å². The molecular formula is C45H36N10O24S6. The maximum Gasteiger partial charge on any atom is 0.297 e. The van der Waals surface area contributed by atoms with Crippen LogP contribution in [0.4, 0.5) is 51.2 Å². The maximum atomic E-state index is 12.1. The molecule has 0 unspecified atom stereocenters. The van der Waals surface area contributed by atoms with Crippen molar-refractivity contribution in [2.75, 3.05) is 19.9 Å². The standard InChI is InChI=1S/C27H20N8O16S4.C18H16N2O8S2/c1-29-32-25-20(55(45,46)47)8-12-7-17(52-50-48-40)23(22(28)21(12)27(25)37)33-30-13-3-2-11-6-18(53-51-49-41)24(26(36)15(11)9-13)34-31-16-5-4-14(35(38)39)10-19(16)54(42,43)44;1-10-3-5-13-11(7-10)8-16(30(23,24)25)17(18(13)21)20-19-14-6-4-12(26-2)9-15(14)29-28-27-22/h2-10,36-37,40-41H,28H2,1H3,(H,42,43,44)(H,45,46,47);3-9,21-22H,1-2H3,(H,23,24,25). The van der Waals surface area contributed by atoms with Crippen molar-refractivity contribution in [3.63, 3.8) is 0 Å². The van der Waals surface area contributed by atoms with Crippen LogP contribution in [0.15, 0.2) is 167 Å². The predicted octanol–water partition coefficient (Wildman–Crippen LogP) is 12.7. The number of aryl methyl sites for hydroxylation is 1. The predicted molar refractivity (Wildman–Crippen MR) is 296 cm³/mol. The summed E-state index contributed by atoms with van der Waals surface area (Å²) in [6, 6.07) is 20.7. The van der Waals surface area contributed by atoms with Gasteiger partial charge in [0.15, 0.2) is 17.2 Å². The molecule has 40 heteroatoms. The molecule has 85 heavy (non-hydrogen) atoms. The van der Waals surface area contributed by atoms with Crippen LogP contribution in [0.25, 0.3) is 32.3 Å². The van der Waals surface area contributed by atoms with Crippen molar-refractivity contribution in [1.82, 2.24) is 0 Å². The fraction of sp³-hybridized carbons (Fsp3) is 0.0667. The average Bonchev–Trinajstić information content (AvgIpc) is 2.70. The Labute approximate surface area is 488 Å². The van der Waals surface area contributed by atoms with Crippen LogP contribution in [-0.2, 0) is 58.5 Å². The number of fused-ring (bicyclic) bond motifs is 3. The molecule has 0 saturated heterocycles. The SMILES string of the molecule is CN=Nc1c(S(=O)(=O)O)cc2cc(SOOO)c(N=Nc3ccc4cc(SOOO)c(N=Nc5ccc([N+](=O)[O-])cc5S(=O)(=O)O)c(O)c4c3)c(N)c2c1O.COc1ccc(N=Nc2c(S(=O)(=O)O)cc3cc(C)ccc3c2O)c(SOOO)c1. The Kier molecular flexibility index (Phi) is 20.6. The van der Waals surface area contributed by atoms with Crippen LogP contribution in [0.3, 0.4) is 0 Å². The molecule has 8 aromatic carbocycles. The van der Waals surface area contributed by atoms with Gasteiger partial charge in [0.25, 0.3) is 36.0 Å². The average molecular weight is 1290 g/mol. The lowest BCUT2D eigenvalue weighted by Crippen LogP contribution is -2.00. The third-order valence-corrected chi connectivity index (χ3v) is 15.6. The number of hydrogen-bond acceptors (Lipinski definition) is 33. The number of hydrogen-bond donors (Lipinski definition) is 10. The van der Waals surface area contributed by atoms with Gasteiger partial charge in [0.2, 0.25) is 0 Å². The number of nitro benzene ring substituents is 1. The Hall–Kier alpha value is -8.24. The van der Waals surface area contributed by atoms with Crippen molar-refractivity contribution in [2.24, 2.45) is 40.9 Å². The topological polar surface area (TPSA) is 517 Å². The van der Waals surface area contributed by atoms with Crippen molar-refractivity contribution < 1.29 is 108 Å². The van der Waals surface area contributed by atoms with Gasteiger partial charge in [0, 0.05) is 30.0 Å². The molecule has 0 bridgehead atoms. The van der Waals surface area contributed by atoms with E-state index in [1.54, 1.807) is 31.2 Å². The van der Waals surface area contributed by atoms with Gasteiger partial charge in [-0.1, -0.05) is 44.9 Å². The number of methoxy groups -OCH3 is 1. The van der Waals surface area contributed by atoms with Gasteiger partial charge in [-0.15, -0.1) is 38.6 Å². The normalized spacial score (nSPS) is 12.4. The van der Waals surface area contributed by atoms with Crippen molar-refractivity contribution >= 4 is 150 Å². The molecule has 0 aliphatic heterocycles. The molecular weight excluding hydrogens is 1260 g/mol. The zero-order valence-corrected chi connectivity index (χ0v) is 47.3. The smallest absolute Gasteiger partial charge is 0.297 e. The first-order valence-corrected chi connectivity index (χ1v) is 28.8. The Morgan fingerprint density at radius 2 is 1.07 bits per heavy atom. The molecule has 0 aliphatic carbocycles. The van der Waals surface area contributed by atoms with Gasteiger partial charge in [-0.2, -0.15) is 40.6 Å². The van der Waals surface area contributed by atoms with Crippen molar-refractivity contribution in [2.45, 2.75) is 36.3 Å². The van der Waals surface area contributed by atoms with E-state index in [2.05, 4.69) is 69.0 Å². The molecule has 0 spiro atoms. The number of nitrogens with zero attached hydrogens (tertiary/aromatic N) is 9. The van der Waals surface area contributed by atoms with Crippen LogP contribution in [0.2, 0.25) is 0 Å². The van der Waals surface area contributed by atoms with Crippen molar-refractivity contribution in [1.29, 1.82) is 0 Å². The Balaban J connectivity index is 0.000000290. The van der Waals surface area contributed by atoms with Gasteiger partial charge in [-0.3, -0.25) is 23.8 Å². The molecule has 8 rings (SSSR count). The summed E-state index contributed by atoms with van der Waals surface area (Å²) in [4.78, 5) is 8.04. The summed E-state index contributed by atoms with van der Waals surface area (Å²) in [5, 5.41) is 112. The number of rotatable bonds is 21. The van der Waals surface area contributed by atoms with Crippen LogP contribution >= 0.6 is 36.1 Å². The summed E-state index contributed by atoms with van der Waals surface area (Å²) in [6.45, 7) is 1.80. The van der Waals surface area contributed by atoms with E-state index in [9.17, 15) is 64.3 Å². The highest BCUT2D eigenvalue weighted by atomic mass is 32.2. The number of nitrogen functional groups attached to an aromatic ring is 1. The number of phenols is 3. The molecule has 446 valence electrons. The summed E-state index contributed by atoms with van der Waals surface area (Å²) in [7, 11) is -12.1. The van der Waals surface area contributed by atoms with E-state index >= 15 is 0 Å². The van der Waals surface area contributed by atoms with Gasteiger partial charge in [-0.25, -0.2) is 15.8 Å². The fourth-order valence-electron chi connectivity index (χ4n) is 7.53. The summed E-state index contributed by atoms with van der Waals surface area (Å²) in [5.74, 6) is -1.45. The lowest BCUT2D eigenvalue weighted by Gasteiger charge is -2.14. The number of azo groups is 4. The van der Waals surface area contributed by atoms with E-state index in [4.69, 9.17) is 26.2 Å². The first-order chi connectivity index (χ1) is 40.2. The van der Waals surface area contributed by atoms with E-state index in [0.29, 0.717) is 69.0 Å². The van der Waals surface area contributed by atoms with E-state index in [0.717, 1.165) is 23.8 Å². The third-order valence-electron chi connectivity index (χ3n) is 11.2. The lowest BCUT2D eigenvalue weighted by atomic mass is 10.1. The second-order valence-electron chi connectivity index (χ2n) is 16.3. The molecule has 0 amide bonds. The highest BCUT2D eigenvalue weighted by molar-refractivity contribution is 7.95. The van der Waals surface area contributed by atoms with Crippen LogP contribution in [0.1, 0.15) is 5.56 Å². The monoisotopic (exact) mass is 1290 g/mol.